The number of amides is 2. The van der Waals surface area contributed by atoms with Crippen LogP contribution in [0.5, 0.6) is 11.5 Å². The van der Waals surface area contributed by atoms with Crippen molar-refractivity contribution in [3.63, 3.8) is 0 Å². The van der Waals surface area contributed by atoms with E-state index in [0.29, 0.717) is 30.2 Å². The highest BCUT2D eigenvalue weighted by Crippen LogP contribution is 2.25. The molecule has 2 amide bonds. The molecule has 3 heterocycles. The SMILES string of the molecule is COc1ccc(OC)c(/C=C/C(=O)N2CCCN2C(=O)Cn2ccc(-c3ccncc3)n2)c1. The van der Waals surface area contributed by atoms with Gasteiger partial charge in [-0.3, -0.25) is 19.3 Å². The largest absolute Gasteiger partial charge is 0.497 e. The number of hydrogen-bond donors (Lipinski definition) is 0. The second-order valence-corrected chi connectivity index (χ2v) is 7.41. The van der Waals surface area contributed by atoms with Crippen LogP contribution in [0.4, 0.5) is 0 Å². The van der Waals surface area contributed by atoms with Gasteiger partial charge in [-0.05, 0) is 48.9 Å². The molecule has 0 spiro atoms. The fraction of sp³-hybridized carbons (Fsp3) is 0.250. The zero-order valence-electron chi connectivity index (χ0n) is 18.5. The topological polar surface area (TPSA) is 89.8 Å². The molecule has 0 aliphatic carbocycles. The third-order valence-corrected chi connectivity index (χ3v) is 5.33. The van der Waals surface area contributed by atoms with Gasteiger partial charge in [-0.2, -0.15) is 5.10 Å². The average Bonchev–Trinajstić information content (AvgIpc) is 3.53. The van der Waals surface area contributed by atoms with Gasteiger partial charge in [0, 0.05) is 48.9 Å². The van der Waals surface area contributed by atoms with Crippen LogP contribution in [0.1, 0.15) is 12.0 Å². The molecule has 4 rings (SSSR count). The van der Waals surface area contributed by atoms with Gasteiger partial charge in [-0.1, -0.05) is 0 Å². The molecule has 1 fully saturated rings. The summed E-state index contributed by atoms with van der Waals surface area (Å²) in [4.78, 5) is 29.8. The first-order valence-electron chi connectivity index (χ1n) is 10.5. The number of pyridine rings is 1. The van der Waals surface area contributed by atoms with Crippen LogP contribution in [0.3, 0.4) is 0 Å². The van der Waals surface area contributed by atoms with Gasteiger partial charge in [0.1, 0.15) is 18.0 Å². The van der Waals surface area contributed by atoms with Crippen LogP contribution < -0.4 is 9.47 Å². The van der Waals surface area contributed by atoms with Gasteiger partial charge >= 0.3 is 0 Å². The predicted molar refractivity (Wildman–Crippen MR) is 122 cm³/mol. The maximum atomic E-state index is 12.9. The third-order valence-electron chi connectivity index (χ3n) is 5.33. The first kappa shape index (κ1) is 22.1. The molecule has 0 atom stereocenters. The first-order valence-corrected chi connectivity index (χ1v) is 10.5. The lowest BCUT2D eigenvalue weighted by atomic mass is 10.1. The monoisotopic (exact) mass is 447 g/mol. The van der Waals surface area contributed by atoms with Crippen LogP contribution in [0, 0.1) is 0 Å². The van der Waals surface area contributed by atoms with Gasteiger partial charge in [0.15, 0.2) is 0 Å². The average molecular weight is 447 g/mol. The Labute approximate surface area is 191 Å². The zero-order chi connectivity index (χ0) is 23.2. The lowest BCUT2D eigenvalue weighted by Crippen LogP contribution is -2.45. The van der Waals surface area contributed by atoms with Gasteiger partial charge in [0.2, 0.25) is 0 Å². The summed E-state index contributed by atoms with van der Waals surface area (Å²) in [5, 5.41) is 7.43. The number of methoxy groups -OCH3 is 2. The van der Waals surface area contributed by atoms with E-state index >= 15 is 0 Å². The molecule has 9 heteroatoms. The quantitative estimate of drug-likeness (QED) is 0.518. The molecule has 2 aromatic heterocycles. The third kappa shape index (κ3) is 5.03. The molecular weight excluding hydrogens is 422 g/mol. The second-order valence-electron chi connectivity index (χ2n) is 7.41. The lowest BCUT2D eigenvalue weighted by molar-refractivity contribution is -0.155. The van der Waals surface area contributed by atoms with E-state index in [1.807, 2.05) is 18.2 Å². The zero-order valence-corrected chi connectivity index (χ0v) is 18.5. The maximum Gasteiger partial charge on any atom is 0.265 e. The summed E-state index contributed by atoms with van der Waals surface area (Å²) in [6, 6.07) is 10.9. The van der Waals surface area contributed by atoms with Crippen molar-refractivity contribution in [3.05, 3.63) is 66.6 Å². The Morgan fingerprint density at radius 3 is 2.58 bits per heavy atom. The van der Waals surface area contributed by atoms with Crippen molar-refractivity contribution in [2.24, 2.45) is 0 Å². The number of nitrogens with zero attached hydrogens (tertiary/aromatic N) is 5. The number of rotatable bonds is 7. The van der Waals surface area contributed by atoms with Gasteiger partial charge in [0.25, 0.3) is 11.8 Å². The Kier molecular flexibility index (Phi) is 6.68. The molecule has 3 aromatic rings. The van der Waals surface area contributed by atoms with Crippen molar-refractivity contribution in [2.75, 3.05) is 27.3 Å². The van der Waals surface area contributed by atoms with E-state index in [4.69, 9.17) is 9.47 Å². The molecule has 0 unspecified atom stereocenters. The van der Waals surface area contributed by atoms with Gasteiger partial charge in [0.05, 0.1) is 19.9 Å². The Morgan fingerprint density at radius 2 is 1.82 bits per heavy atom. The number of carbonyl (C=O) groups excluding carboxylic acids is 2. The molecule has 9 nitrogen and oxygen atoms in total. The van der Waals surface area contributed by atoms with Gasteiger partial charge in [-0.25, -0.2) is 10.0 Å². The van der Waals surface area contributed by atoms with Crippen molar-refractivity contribution in [2.45, 2.75) is 13.0 Å². The van der Waals surface area contributed by atoms with Gasteiger partial charge in [-0.15, -0.1) is 0 Å². The highest BCUT2D eigenvalue weighted by Gasteiger charge is 2.29. The number of hydrazine groups is 1. The first-order chi connectivity index (χ1) is 16.1. The minimum Gasteiger partial charge on any atom is -0.497 e. The van der Waals surface area contributed by atoms with E-state index in [9.17, 15) is 9.59 Å². The number of carbonyl (C=O) groups is 2. The van der Waals surface area contributed by atoms with Crippen molar-refractivity contribution in [1.29, 1.82) is 0 Å². The summed E-state index contributed by atoms with van der Waals surface area (Å²) in [6.45, 7) is 1.01. The summed E-state index contributed by atoms with van der Waals surface area (Å²) < 4.78 is 12.2. The summed E-state index contributed by atoms with van der Waals surface area (Å²) in [5.41, 5.74) is 2.39. The maximum absolute atomic E-state index is 12.9. The Balaban J connectivity index is 1.43. The molecule has 1 aromatic carbocycles. The molecule has 1 saturated heterocycles. The molecule has 170 valence electrons. The summed E-state index contributed by atoms with van der Waals surface area (Å²) >= 11 is 0. The van der Waals surface area contributed by atoms with Crippen LogP contribution in [-0.2, 0) is 16.1 Å². The number of hydrogen-bond acceptors (Lipinski definition) is 6. The molecule has 0 saturated carbocycles. The molecule has 0 N–H and O–H groups in total. The lowest BCUT2D eigenvalue weighted by Gasteiger charge is -2.26. The summed E-state index contributed by atoms with van der Waals surface area (Å²) in [5.74, 6) is 0.811. The molecule has 1 aliphatic rings. The normalized spacial score (nSPS) is 13.5. The van der Waals surface area contributed by atoms with Crippen LogP contribution in [0.25, 0.3) is 17.3 Å². The van der Waals surface area contributed by atoms with E-state index in [0.717, 1.165) is 17.7 Å². The fourth-order valence-corrected chi connectivity index (χ4v) is 3.66. The summed E-state index contributed by atoms with van der Waals surface area (Å²) in [7, 11) is 3.14. The van der Waals surface area contributed by atoms with E-state index in [2.05, 4.69) is 10.1 Å². The van der Waals surface area contributed by atoms with Crippen molar-refractivity contribution in [3.8, 4) is 22.8 Å². The molecule has 0 radical (unpaired) electrons. The van der Waals surface area contributed by atoms with Crippen LogP contribution in [-0.4, -0.2) is 63.9 Å². The molecule has 33 heavy (non-hydrogen) atoms. The molecule has 1 aliphatic heterocycles. The predicted octanol–water partition coefficient (Wildman–Crippen LogP) is 2.65. The minimum atomic E-state index is -0.274. The number of aromatic nitrogens is 3. The Bertz CT molecular complexity index is 1160. The smallest absolute Gasteiger partial charge is 0.265 e. The van der Waals surface area contributed by atoms with Crippen LogP contribution >= 0.6 is 0 Å². The van der Waals surface area contributed by atoms with E-state index in [1.54, 1.807) is 61.8 Å². The highest BCUT2D eigenvalue weighted by atomic mass is 16.5. The van der Waals surface area contributed by atoms with E-state index in [-0.39, 0.29) is 18.4 Å². The molecular formula is C24H25N5O4. The van der Waals surface area contributed by atoms with Crippen molar-refractivity contribution < 1.29 is 19.1 Å². The molecule has 0 bridgehead atoms. The van der Waals surface area contributed by atoms with Crippen molar-refractivity contribution >= 4 is 17.9 Å². The fourth-order valence-electron chi connectivity index (χ4n) is 3.66. The Hall–Kier alpha value is -4.14. The standard InChI is InChI=1S/C24H25N5O4/c1-32-20-5-6-22(33-2)19(16-20)4-7-23(30)28-13-3-14-29(28)24(31)17-27-15-10-21(26-27)18-8-11-25-12-9-18/h4-12,15-16H,3,13-14,17H2,1-2H3/b7-4+. The second kappa shape index (κ2) is 9.99. The summed E-state index contributed by atoms with van der Waals surface area (Å²) in [6.07, 6.45) is 8.97. The minimum absolute atomic E-state index is 0.0439. The van der Waals surface area contributed by atoms with Crippen LogP contribution in [0.15, 0.2) is 61.1 Å². The number of benzene rings is 1. The highest BCUT2D eigenvalue weighted by molar-refractivity contribution is 5.93. The van der Waals surface area contributed by atoms with Crippen LogP contribution in [0.2, 0.25) is 0 Å². The van der Waals surface area contributed by atoms with Gasteiger partial charge < -0.3 is 9.47 Å². The van der Waals surface area contributed by atoms with E-state index in [1.165, 1.54) is 16.1 Å². The van der Waals surface area contributed by atoms with Crippen molar-refractivity contribution in [1.82, 2.24) is 24.8 Å². The van der Waals surface area contributed by atoms with E-state index < -0.39 is 0 Å². The number of ether oxygens (including phenoxy) is 2. The Morgan fingerprint density at radius 1 is 1.03 bits per heavy atom.